The minimum Gasteiger partial charge on any atom is -0.462 e. The van der Waals surface area contributed by atoms with Crippen LogP contribution in [0.2, 0.25) is 0 Å². The first-order chi connectivity index (χ1) is 17.6. The normalized spacial score (nSPS) is 23.9. The van der Waals surface area contributed by atoms with Crippen molar-refractivity contribution in [1.29, 1.82) is 0 Å². The van der Waals surface area contributed by atoms with Gasteiger partial charge in [0.2, 0.25) is 0 Å². The van der Waals surface area contributed by atoms with E-state index in [1.807, 2.05) is 78.9 Å². The maximum Gasteiger partial charge on any atom is 0.338 e. The van der Waals surface area contributed by atoms with Gasteiger partial charge in [0.05, 0.1) is 18.1 Å². The number of hydrogen-bond donors (Lipinski definition) is 1. The number of ether oxygens (including phenoxy) is 2. The van der Waals surface area contributed by atoms with Gasteiger partial charge in [-0.05, 0) is 41.7 Å². The summed E-state index contributed by atoms with van der Waals surface area (Å²) in [7, 11) is 0. The zero-order valence-electron chi connectivity index (χ0n) is 20.0. The van der Waals surface area contributed by atoms with Gasteiger partial charge in [0.15, 0.2) is 0 Å². The molecule has 2 aliphatic rings. The Hall–Kier alpha value is -3.70. The van der Waals surface area contributed by atoms with E-state index >= 15 is 0 Å². The molecule has 1 heterocycles. The maximum absolute atomic E-state index is 13.0. The molecule has 0 spiro atoms. The van der Waals surface area contributed by atoms with Crippen molar-refractivity contribution in [3.05, 3.63) is 108 Å². The summed E-state index contributed by atoms with van der Waals surface area (Å²) in [5.74, 6) is -0.836. The number of benzene rings is 3. The highest BCUT2D eigenvalue weighted by molar-refractivity contribution is 5.90. The van der Waals surface area contributed by atoms with Gasteiger partial charge in [-0.3, -0.25) is 4.79 Å². The molecule has 1 N–H and O–H groups in total. The Balaban J connectivity index is 1.24. The van der Waals surface area contributed by atoms with Crippen molar-refractivity contribution < 1.29 is 24.2 Å². The Kier molecular flexibility index (Phi) is 7.28. The largest absolute Gasteiger partial charge is 0.462 e. The third-order valence-electron chi connectivity index (χ3n) is 7.16. The van der Waals surface area contributed by atoms with Crippen molar-refractivity contribution in [2.24, 2.45) is 11.8 Å². The Labute approximate surface area is 211 Å². The molecule has 2 fully saturated rings. The molecule has 3 aromatic carbocycles. The first kappa shape index (κ1) is 24.0. The van der Waals surface area contributed by atoms with Crippen molar-refractivity contribution in [1.82, 2.24) is 0 Å². The summed E-state index contributed by atoms with van der Waals surface area (Å²) in [6, 6.07) is 27.4. The molecule has 5 rings (SSSR count). The van der Waals surface area contributed by atoms with E-state index in [4.69, 9.17) is 9.47 Å². The van der Waals surface area contributed by atoms with Crippen molar-refractivity contribution in [2.75, 3.05) is 0 Å². The smallest absolute Gasteiger partial charge is 0.338 e. The van der Waals surface area contributed by atoms with E-state index in [0.717, 1.165) is 17.5 Å². The highest BCUT2D eigenvalue weighted by Gasteiger charge is 2.50. The molecule has 5 nitrogen and oxygen atoms in total. The number of hydrogen-bond acceptors (Lipinski definition) is 5. The highest BCUT2D eigenvalue weighted by atomic mass is 16.6. The van der Waals surface area contributed by atoms with Gasteiger partial charge in [0, 0.05) is 18.3 Å². The average molecular weight is 483 g/mol. The number of rotatable bonds is 8. The van der Waals surface area contributed by atoms with Crippen LogP contribution in [-0.2, 0) is 20.7 Å². The van der Waals surface area contributed by atoms with Gasteiger partial charge in [0.1, 0.15) is 12.2 Å². The lowest BCUT2D eigenvalue weighted by Crippen LogP contribution is -2.25. The second-order valence-electron chi connectivity index (χ2n) is 9.57. The van der Waals surface area contributed by atoms with Gasteiger partial charge < -0.3 is 14.6 Å². The van der Waals surface area contributed by atoms with E-state index in [-0.39, 0.29) is 23.9 Å². The Morgan fingerprint density at radius 3 is 2.36 bits per heavy atom. The third kappa shape index (κ3) is 5.58. The molecule has 5 heteroatoms. The predicted octanol–water partition coefficient (Wildman–Crippen LogP) is 5.38. The summed E-state index contributed by atoms with van der Waals surface area (Å²) in [4.78, 5) is 24.9. The molecule has 1 saturated heterocycles. The van der Waals surface area contributed by atoms with E-state index in [2.05, 4.69) is 0 Å². The molecule has 3 aromatic rings. The summed E-state index contributed by atoms with van der Waals surface area (Å²) in [5.41, 5.74) is 3.76. The van der Waals surface area contributed by atoms with Crippen molar-refractivity contribution >= 4 is 11.9 Å². The lowest BCUT2D eigenvalue weighted by Gasteiger charge is -2.20. The van der Waals surface area contributed by atoms with Gasteiger partial charge in [-0.1, -0.05) is 84.9 Å². The number of carbonyl (C=O) groups is 2. The standard InChI is InChI=1S/C31H30O5/c32-25(16-11-21-7-3-1-4-8-21)17-18-26-27-19-30(33)35-29(27)20-28(26)36-31(34)24-14-12-23(13-15-24)22-9-5-2-6-10-22/h1-10,12-15,17-18,25-29,32H,11,16,19-20H2/b18-17+/t25-,26-,27+,28?,29-/m0/s1. The van der Waals surface area contributed by atoms with Crippen LogP contribution in [0.4, 0.5) is 0 Å². The number of aliphatic hydroxyl groups is 1. The van der Waals surface area contributed by atoms with Crippen LogP contribution in [0.5, 0.6) is 0 Å². The van der Waals surface area contributed by atoms with Crippen LogP contribution in [0.15, 0.2) is 97.1 Å². The lowest BCUT2D eigenvalue weighted by atomic mass is 9.91. The molecule has 1 unspecified atom stereocenters. The van der Waals surface area contributed by atoms with E-state index in [9.17, 15) is 14.7 Å². The topological polar surface area (TPSA) is 72.8 Å². The van der Waals surface area contributed by atoms with Crippen LogP contribution in [0.3, 0.4) is 0 Å². The van der Waals surface area contributed by atoms with Crippen molar-refractivity contribution in [3.8, 4) is 11.1 Å². The fraction of sp³-hybridized carbons (Fsp3) is 0.290. The van der Waals surface area contributed by atoms with E-state index in [1.54, 1.807) is 18.2 Å². The van der Waals surface area contributed by atoms with Crippen LogP contribution in [0.25, 0.3) is 11.1 Å². The number of fused-ring (bicyclic) bond motifs is 1. The molecule has 1 aliphatic carbocycles. The first-order valence-corrected chi connectivity index (χ1v) is 12.5. The van der Waals surface area contributed by atoms with E-state index in [0.29, 0.717) is 24.8 Å². The molecular weight excluding hydrogens is 452 g/mol. The summed E-state index contributed by atoms with van der Waals surface area (Å²) in [6.45, 7) is 0. The van der Waals surface area contributed by atoms with E-state index < -0.39 is 18.2 Å². The van der Waals surface area contributed by atoms with Crippen LogP contribution in [-0.4, -0.2) is 35.4 Å². The van der Waals surface area contributed by atoms with Crippen molar-refractivity contribution in [2.45, 2.75) is 44.0 Å². The number of esters is 2. The fourth-order valence-corrected chi connectivity index (χ4v) is 5.24. The molecule has 1 aliphatic heterocycles. The second kappa shape index (κ2) is 10.9. The fourth-order valence-electron chi connectivity index (χ4n) is 5.24. The SMILES string of the molecule is O=C1C[C@H]2[C@H](CC(OC(=O)c3ccc(-c4ccccc4)cc3)[C@H]2/C=C/[C@@H](O)CCc2ccccc2)O1. The minimum atomic E-state index is -0.621. The van der Waals surface area contributed by atoms with Crippen LogP contribution in [0, 0.1) is 11.8 Å². The zero-order chi connectivity index (χ0) is 24.9. The van der Waals surface area contributed by atoms with Gasteiger partial charge >= 0.3 is 11.9 Å². The molecule has 0 radical (unpaired) electrons. The maximum atomic E-state index is 13.0. The highest BCUT2D eigenvalue weighted by Crippen LogP contribution is 2.43. The summed E-state index contributed by atoms with van der Waals surface area (Å²) >= 11 is 0. The third-order valence-corrected chi connectivity index (χ3v) is 7.16. The molecular formula is C31H30O5. The van der Waals surface area contributed by atoms with E-state index in [1.165, 1.54) is 5.56 Å². The predicted molar refractivity (Wildman–Crippen MR) is 137 cm³/mol. The minimum absolute atomic E-state index is 0.0478. The van der Waals surface area contributed by atoms with Crippen LogP contribution < -0.4 is 0 Å². The molecule has 5 atom stereocenters. The van der Waals surface area contributed by atoms with Gasteiger partial charge in [0.25, 0.3) is 0 Å². The number of carbonyl (C=O) groups excluding carboxylic acids is 2. The molecule has 0 aromatic heterocycles. The van der Waals surface area contributed by atoms with Gasteiger partial charge in [-0.2, -0.15) is 0 Å². The summed E-state index contributed by atoms with van der Waals surface area (Å²) < 4.78 is 11.4. The second-order valence-corrected chi connectivity index (χ2v) is 9.57. The Morgan fingerprint density at radius 2 is 1.64 bits per heavy atom. The number of aryl methyl sites for hydroxylation is 1. The zero-order valence-corrected chi connectivity index (χ0v) is 20.0. The van der Waals surface area contributed by atoms with Crippen molar-refractivity contribution in [3.63, 3.8) is 0 Å². The molecule has 1 saturated carbocycles. The Morgan fingerprint density at radius 1 is 0.972 bits per heavy atom. The summed E-state index contributed by atoms with van der Waals surface area (Å²) in [6.07, 6.45) is 4.53. The van der Waals surface area contributed by atoms with Crippen LogP contribution in [0.1, 0.15) is 35.2 Å². The molecule has 36 heavy (non-hydrogen) atoms. The van der Waals surface area contributed by atoms with Crippen LogP contribution >= 0.6 is 0 Å². The molecule has 0 amide bonds. The number of aliphatic hydroxyl groups excluding tert-OH is 1. The van der Waals surface area contributed by atoms with Gasteiger partial charge in [-0.25, -0.2) is 4.79 Å². The Bertz CT molecular complexity index is 1200. The first-order valence-electron chi connectivity index (χ1n) is 12.5. The average Bonchev–Trinajstić information content (AvgIpc) is 3.42. The van der Waals surface area contributed by atoms with Gasteiger partial charge in [-0.15, -0.1) is 0 Å². The quantitative estimate of drug-likeness (QED) is 0.345. The lowest BCUT2D eigenvalue weighted by molar-refractivity contribution is -0.141. The summed E-state index contributed by atoms with van der Waals surface area (Å²) in [5, 5.41) is 10.5. The molecule has 184 valence electrons. The molecule has 0 bridgehead atoms. The monoisotopic (exact) mass is 482 g/mol.